The van der Waals surface area contributed by atoms with Crippen LogP contribution in [0.4, 0.5) is 8.78 Å². The second-order valence-electron chi connectivity index (χ2n) is 14.8. The number of halogens is 2. The van der Waals surface area contributed by atoms with Crippen molar-refractivity contribution in [2.24, 2.45) is 5.92 Å². The molecule has 264 valence electrons. The van der Waals surface area contributed by atoms with Crippen LogP contribution in [-0.2, 0) is 29.7 Å². The van der Waals surface area contributed by atoms with Crippen molar-refractivity contribution in [3.8, 4) is 0 Å². The van der Waals surface area contributed by atoms with Crippen molar-refractivity contribution >= 4 is 33.0 Å². The third kappa shape index (κ3) is 9.28. The van der Waals surface area contributed by atoms with Crippen molar-refractivity contribution in [2.45, 2.75) is 96.4 Å². The van der Waals surface area contributed by atoms with Crippen molar-refractivity contribution < 1.29 is 37.0 Å². The number of rotatable bonds is 16. The van der Waals surface area contributed by atoms with Crippen LogP contribution < -0.4 is 10.4 Å². The Morgan fingerprint density at radius 1 is 0.771 bits per heavy atom. The van der Waals surface area contributed by atoms with E-state index in [1.54, 1.807) is 0 Å². The highest BCUT2D eigenvalue weighted by Gasteiger charge is 2.56. The van der Waals surface area contributed by atoms with Crippen molar-refractivity contribution in [3.05, 3.63) is 96.6 Å². The molecule has 0 aliphatic carbocycles. The number of esters is 1. The van der Waals surface area contributed by atoms with Gasteiger partial charge < -0.3 is 23.4 Å². The highest BCUT2D eigenvalue weighted by Crippen LogP contribution is 2.41. The lowest BCUT2D eigenvalue weighted by Crippen LogP contribution is -2.67. The fourth-order valence-electron chi connectivity index (χ4n) is 5.67. The van der Waals surface area contributed by atoms with Crippen LogP contribution in [0.5, 0.6) is 0 Å². The molecule has 0 aliphatic heterocycles. The minimum absolute atomic E-state index is 0.105. The number of alkyl halides is 2. The molecule has 3 atom stereocenters. The quantitative estimate of drug-likeness (QED) is 0.125. The molecular weight excluding hydrogens is 647 g/mol. The predicted molar refractivity (Wildman–Crippen MR) is 193 cm³/mol. The second-order valence-corrected chi connectivity index (χ2v) is 23.9. The zero-order valence-electron chi connectivity index (χ0n) is 30.0. The molecule has 10 heteroatoms. The number of hydrogen-bond acceptors (Lipinski definition) is 6. The summed E-state index contributed by atoms with van der Waals surface area (Å²) in [5, 5.41) is 12.8. The largest absolute Gasteiger partial charge is 0.461 e. The molecule has 3 aromatic carbocycles. The number of aliphatic hydroxyl groups is 1. The zero-order chi connectivity index (χ0) is 35.8. The topological polar surface area (TPSA) is 74.2 Å². The van der Waals surface area contributed by atoms with Gasteiger partial charge in [0.1, 0.15) is 6.10 Å². The van der Waals surface area contributed by atoms with E-state index in [2.05, 4.69) is 41.5 Å². The summed E-state index contributed by atoms with van der Waals surface area (Å²) in [7, 11) is -5.88. The monoisotopic (exact) mass is 700 g/mol. The SMILES string of the molecule is CCOC(=O)C(F)(F)[C@@H](O)[C@H](CO[Si](c1ccccc1)(c1ccccc1)C(C)(C)C)[C@@H](COCc1ccccc1)O[Si](C)(C)C(C)(C)C. The fraction of sp³-hybridized carbons (Fsp3) is 0.500. The standard InChI is InChI=1S/C38H54F2O6Si2/c1-10-44-35(42)38(39,40)34(41)32(33(46-47(8,9)36(2,3)4)28-43-26-29-20-14-11-15-21-29)27-45-48(37(5,6)7,30-22-16-12-17-23-30)31-24-18-13-19-25-31/h11-25,32-34,41H,10,26-28H2,1-9H3/t32-,33-,34+/m1/s1. The maximum Gasteiger partial charge on any atom is 0.379 e. The van der Waals surface area contributed by atoms with E-state index in [1.165, 1.54) is 6.92 Å². The van der Waals surface area contributed by atoms with Crippen LogP contribution in [0.1, 0.15) is 54.0 Å². The number of benzene rings is 3. The van der Waals surface area contributed by atoms with E-state index in [-0.39, 0.29) is 31.5 Å². The molecule has 3 rings (SSSR count). The van der Waals surface area contributed by atoms with Gasteiger partial charge in [-0.05, 0) is 46.0 Å². The van der Waals surface area contributed by atoms with Gasteiger partial charge in [0.15, 0.2) is 8.32 Å². The molecule has 0 saturated carbocycles. The lowest BCUT2D eigenvalue weighted by Gasteiger charge is -2.46. The van der Waals surface area contributed by atoms with E-state index >= 15 is 8.78 Å². The Labute approximate surface area is 288 Å². The normalized spacial score (nSPS) is 15.1. The first kappa shape index (κ1) is 39.7. The first-order valence-electron chi connectivity index (χ1n) is 16.7. The number of ether oxygens (including phenoxy) is 2. The van der Waals surface area contributed by atoms with Crippen LogP contribution in [0.25, 0.3) is 0 Å². The van der Waals surface area contributed by atoms with Gasteiger partial charge in [-0.1, -0.05) is 133 Å². The van der Waals surface area contributed by atoms with Crippen LogP contribution in [0.15, 0.2) is 91.0 Å². The van der Waals surface area contributed by atoms with Crippen LogP contribution in [-0.4, -0.2) is 65.7 Å². The summed E-state index contributed by atoms with van der Waals surface area (Å²) in [4.78, 5) is 12.7. The molecule has 1 N–H and O–H groups in total. The van der Waals surface area contributed by atoms with Crippen molar-refractivity contribution in [2.75, 3.05) is 19.8 Å². The van der Waals surface area contributed by atoms with E-state index in [0.717, 1.165) is 15.9 Å². The van der Waals surface area contributed by atoms with Gasteiger partial charge in [0.05, 0.1) is 25.9 Å². The first-order chi connectivity index (χ1) is 22.4. The summed E-state index contributed by atoms with van der Waals surface area (Å²) in [5.74, 6) is -7.38. The lowest BCUT2D eigenvalue weighted by molar-refractivity contribution is -0.201. The van der Waals surface area contributed by atoms with Crippen LogP contribution in [0.2, 0.25) is 23.2 Å². The Balaban J connectivity index is 2.18. The molecule has 0 radical (unpaired) electrons. The molecule has 0 saturated heterocycles. The van der Waals surface area contributed by atoms with Gasteiger partial charge in [0.2, 0.25) is 0 Å². The van der Waals surface area contributed by atoms with Gasteiger partial charge >= 0.3 is 11.9 Å². The Morgan fingerprint density at radius 2 is 1.25 bits per heavy atom. The summed E-state index contributed by atoms with van der Waals surface area (Å²) in [6.45, 7) is 17.4. The summed E-state index contributed by atoms with van der Waals surface area (Å²) in [6.07, 6.45) is -3.52. The van der Waals surface area contributed by atoms with Gasteiger partial charge in [-0.25, -0.2) is 4.79 Å². The third-order valence-corrected chi connectivity index (χ3v) is 18.9. The van der Waals surface area contributed by atoms with E-state index < -0.39 is 51.7 Å². The van der Waals surface area contributed by atoms with E-state index in [4.69, 9.17) is 18.3 Å². The first-order valence-corrected chi connectivity index (χ1v) is 21.5. The summed E-state index contributed by atoms with van der Waals surface area (Å²) in [6, 6.07) is 29.2. The molecule has 0 heterocycles. The minimum Gasteiger partial charge on any atom is -0.461 e. The maximum atomic E-state index is 15.9. The number of carbonyl (C=O) groups excluding carboxylic acids is 1. The van der Waals surface area contributed by atoms with Gasteiger partial charge in [0, 0.05) is 12.5 Å². The van der Waals surface area contributed by atoms with Gasteiger partial charge in [-0.2, -0.15) is 8.78 Å². The Kier molecular flexibility index (Phi) is 13.5. The highest BCUT2D eigenvalue weighted by molar-refractivity contribution is 6.99. The molecule has 48 heavy (non-hydrogen) atoms. The highest BCUT2D eigenvalue weighted by atomic mass is 28.4. The van der Waals surface area contributed by atoms with Crippen molar-refractivity contribution in [1.82, 2.24) is 0 Å². The zero-order valence-corrected chi connectivity index (χ0v) is 32.0. The average Bonchev–Trinajstić information content (AvgIpc) is 3.03. The van der Waals surface area contributed by atoms with Crippen molar-refractivity contribution in [1.29, 1.82) is 0 Å². The molecule has 0 aromatic heterocycles. The summed E-state index contributed by atoms with van der Waals surface area (Å²) < 4.78 is 56.6. The molecule has 0 bridgehead atoms. The number of carbonyl (C=O) groups is 1. The molecule has 0 amide bonds. The molecule has 0 aliphatic rings. The molecule has 0 spiro atoms. The smallest absolute Gasteiger partial charge is 0.379 e. The van der Waals surface area contributed by atoms with Crippen LogP contribution in [0, 0.1) is 5.92 Å². The predicted octanol–water partition coefficient (Wildman–Crippen LogP) is 7.35. The van der Waals surface area contributed by atoms with E-state index in [0.29, 0.717) is 0 Å². The van der Waals surface area contributed by atoms with Gasteiger partial charge in [-0.3, -0.25) is 0 Å². The average molecular weight is 701 g/mol. The molecular formula is C38H54F2O6Si2. The Morgan fingerprint density at radius 3 is 1.69 bits per heavy atom. The Bertz CT molecular complexity index is 1370. The van der Waals surface area contributed by atoms with Crippen LogP contribution in [0.3, 0.4) is 0 Å². The van der Waals surface area contributed by atoms with Crippen molar-refractivity contribution in [3.63, 3.8) is 0 Å². The molecule has 6 nitrogen and oxygen atoms in total. The Hall–Kier alpha value is -2.74. The number of hydrogen-bond donors (Lipinski definition) is 1. The second kappa shape index (κ2) is 16.3. The van der Waals surface area contributed by atoms with E-state index in [1.807, 2.05) is 104 Å². The molecule has 0 fully saturated rings. The third-order valence-electron chi connectivity index (χ3n) is 9.36. The summed E-state index contributed by atoms with van der Waals surface area (Å²) in [5.41, 5.74) is 0.904. The molecule has 3 aromatic rings. The van der Waals surface area contributed by atoms with Crippen LogP contribution >= 0.6 is 0 Å². The minimum atomic E-state index is -4.23. The van der Waals surface area contributed by atoms with Gasteiger partial charge in [0.25, 0.3) is 8.32 Å². The lowest BCUT2D eigenvalue weighted by atomic mass is 9.92. The fourth-order valence-corrected chi connectivity index (χ4v) is 11.6. The van der Waals surface area contributed by atoms with E-state index in [9.17, 15) is 9.90 Å². The van der Waals surface area contributed by atoms with Gasteiger partial charge in [-0.15, -0.1) is 0 Å². The number of aliphatic hydroxyl groups excluding tert-OH is 1. The molecule has 0 unspecified atom stereocenters. The summed E-state index contributed by atoms with van der Waals surface area (Å²) >= 11 is 0. The maximum absolute atomic E-state index is 15.9.